The van der Waals surface area contributed by atoms with Crippen LogP contribution in [0.3, 0.4) is 0 Å². The number of hydrogen-bond donors (Lipinski definition) is 0. The summed E-state index contributed by atoms with van der Waals surface area (Å²) in [4.78, 5) is 15.5. The van der Waals surface area contributed by atoms with Gasteiger partial charge in [-0.2, -0.15) is 0 Å². The van der Waals surface area contributed by atoms with Gasteiger partial charge in [0.2, 0.25) is 5.88 Å². The summed E-state index contributed by atoms with van der Waals surface area (Å²) in [5, 5.41) is 0. The predicted molar refractivity (Wildman–Crippen MR) is 74.4 cm³/mol. The molecule has 19 heavy (non-hydrogen) atoms. The number of hydrogen-bond acceptors (Lipinski definition) is 4. The first kappa shape index (κ1) is 15.5. The van der Waals surface area contributed by atoms with Crippen LogP contribution in [0.15, 0.2) is 18.3 Å². The summed E-state index contributed by atoms with van der Waals surface area (Å²) in [6, 6.07) is 3.24. The normalized spacial score (nSPS) is 11.9. The highest BCUT2D eigenvalue weighted by molar-refractivity contribution is 5.89. The molecule has 0 radical (unpaired) electrons. The van der Waals surface area contributed by atoms with Gasteiger partial charge in [0.1, 0.15) is 0 Å². The molecule has 1 aromatic heterocycles. The Bertz CT molecular complexity index is 393. The number of unbranched alkanes of at least 4 members (excludes halogenated alkanes) is 1. The molecular weight excluding hydrogens is 242 g/mol. The minimum Gasteiger partial charge on any atom is -0.477 e. The van der Waals surface area contributed by atoms with E-state index in [1.807, 2.05) is 0 Å². The van der Waals surface area contributed by atoms with Crippen molar-refractivity contribution in [3.63, 3.8) is 0 Å². The van der Waals surface area contributed by atoms with Crippen LogP contribution in [-0.2, 0) is 4.74 Å². The number of ether oxygens (including phenoxy) is 2. The molecule has 0 saturated carbocycles. The smallest absolute Gasteiger partial charge is 0.338 e. The molecule has 4 heteroatoms. The van der Waals surface area contributed by atoms with E-state index >= 15 is 0 Å². The van der Waals surface area contributed by atoms with Crippen molar-refractivity contribution in [2.45, 2.75) is 39.5 Å². The second-order valence-corrected chi connectivity index (χ2v) is 4.60. The Morgan fingerprint density at radius 1 is 1.42 bits per heavy atom. The van der Waals surface area contributed by atoms with Gasteiger partial charge in [-0.3, -0.25) is 0 Å². The fraction of sp³-hybridized carbons (Fsp3) is 0.600. The van der Waals surface area contributed by atoms with Crippen molar-refractivity contribution in [1.82, 2.24) is 4.98 Å². The van der Waals surface area contributed by atoms with Gasteiger partial charge < -0.3 is 9.47 Å². The molecule has 1 heterocycles. The topological polar surface area (TPSA) is 48.4 Å². The highest BCUT2D eigenvalue weighted by atomic mass is 16.5. The fourth-order valence-corrected chi connectivity index (χ4v) is 1.83. The number of aromatic nitrogens is 1. The lowest BCUT2D eigenvalue weighted by Crippen LogP contribution is -2.12. The van der Waals surface area contributed by atoms with Crippen molar-refractivity contribution in [3.05, 3.63) is 23.9 Å². The van der Waals surface area contributed by atoms with Crippen LogP contribution in [0.25, 0.3) is 0 Å². The number of carbonyl (C=O) groups is 1. The predicted octanol–water partition coefficient (Wildman–Crippen LogP) is 3.46. The van der Waals surface area contributed by atoms with E-state index in [4.69, 9.17) is 4.74 Å². The van der Waals surface area contributed by atoms with Crippen LogP contribution < -0.4 is 4.74 Å². The third kappa shape index (κ3) is 5.28. The van der Waals surface area contributed by atoms with Crippen molar-refractivity contribution in [2.24, 2.45) is 5.92 Å². The molecule has 106 valence electrons. The number of esters is 1. The minimum absolute atomic E-state index is 0.370. The van der Waals surface area contributed by atoms with Crippen molar-refractivity contribution in [1.29, 1.82) is 0 Å². The number of nitrogens with zero attached hydrogens (tertiary/aromatic N) is 1. The largest absolute Gasteiger partial charge is 0.477 e. The Morgan fingerprint density at radius 2 is 2.21 bits per heavy atom. The van der Waals surface area contributed by atoms with Gasteiger partial charge in [-0.15, -0.1) is 0 Å². The molecule has 4 nitrogen and oxygen atoms in total. The second-order valence-electron chi connectivity index (χ2n) is 4.60. The first-order chi connectivity index (χ1) is 9.21. The van der Waals surface area contributed by atoms with Gasteiger partial charge in [0.25, 0.3) is 0 Å². The summed E-state index contributed by atoms with van der Waals surface area (Å²) in [5.74, 6) is 0.659. The van der Waals surface area contributed by atoms with E-state index in [1.165, 1.54) is 26.4 Å². The zero-order chi connectivity index (χ0) is 14.1. The maximum atomic E-state index is 11.4. The van der Waals surface area contributed by atoms with E-state index in [1.54, 1.807) is 18.3 Å². The fourth-order valence-electron chi connectivity index (χ4n) is 1.83. The maximum absolute atomic E-state index is 11.4. The summed E-state index contributed by atoms with van der Waals surface area (Å²) in [6.45, 7) is 5.01. The third-order valence-corrected chi connectivity index (χ3v) is 3.17. The molecule has 0 aromatic carbocycles. The van der Waals surface area contributed by atoms with Gasteiger partial charge in [-0.1, -0.05) is 33.1 Å². The molecule has 0 spiro atoms. The highest BCUT2D eigenvalue weighted by Crippen LogP contribution is 2.16. The summed E-state index contributed by atoms with van der Waals surface area (Å²) in [7, 11) is 1.36. The second kappa shape index (κ2) is 8.51. The van der Waals surface area contributed by atoms with E-state index < -0.39 is 0 Å². The van der Waals surface area contributed by atoms with Crippen LogP contribution in [0.5, 0.6) is 5.88 Å². The lowest BCUT2D eigenvalue weighted by molar-refractivity contribution is 0.0600. The number of methoxy groups -OCH3 is 1. The molecule has 1 aromatic rings. The first-order valence-electron chi connectivity index (χ1n) is 6.88. The summed E-state index contributed by atoms with van der Waals surface area (Å²) in [6.07, 6.45) is 6.25. The van der Waals surface area contributed by atoms with E-state index in [0.717, 1.165) is 6.42 Å². The zero-order valence-electron chi connectivity index (χ0n) is 12.0. The van der Waals surface area contributed by atoms with Crippen LogP contribution in [-0.4, -0.2) is 24.7 Å². The summed E-state index contributed by atoms with van der Waals surface area (Å²) < 4.78 is 10.3. The summed E-state index contributed by atoms with van der Waals surface area (Å²) in [5.41, 5.74) is 0.467. The number of rotatable bonds is 8. The molecular formula is C15H23NO3. The molecule has 0 aliphatic carbocycles. The maximum Gasteiger partial charge on any atom is 0.338 e. The molecule has 0 N–H and O–H groups in total. The molecule has 0 fully saturated rings. The number of pyridine rings is 1. The van der Waals surface area contributed by atoms with Crippen LogP contribution in [0.4, 0.5) is 0 Å². The highest BCUT2D eigenvalue weighted by Gasteiger charge is 2.10. The summed E-state index contributed by atoms with van der Waals surface area (Å²) >= 11 is 0. The van der Waals surface area contributed by atoms with Crippen LogP contribution >= 0.6 is 0 Å². The monoisotopic (exact) mass is 265 g/mol. The van der Waals surface area contributed by atoms with Gasteiger partial charge in [-0.05, 0) is 18.4 Å². The molecule has 0 amide bonds. The average molecular weight is 265 g/mol. The zero-order valence-corrected chi connectivity index (χ0v) is 12.0. The third-order valence-electron chi connectivity index (χ3n) is 3.17. The lowest BCUT2D eigenvalue weighted by Gasteiger charge is -2.15. The van der Waals surface area contributed by atoms with Crippen molar-refractivity contribution >= 4 is 5.97 Å². The van der Waals surface area contributed by atoms with E-state index in [2.05, 4.69) is 23.6 Å². The van der Waals surface area contributed by atoms with Crippen molar-refractivity contribution < 1.29 is 14.3 Å². The van der Waals surface area contributed by atoms with Gasteiger partial charge in [-0.25, -0.2) is 9.78 Å². The molecule has 0 aliphatic rings. The Labute approximate surface area is 115 Å². The van der Waals surface area contributed by atoms with Crippen molar-refractivity contribution in [3.8, 4) is 5.88 Å². The average Bonchev–Trinajstić information content (AvgIpc) is 2.47. The van der Waals surface area contributed by atoms with Crippen LogP contribution in [0.1, 0.15) is 49.9 Å². The van der Waals surface area contributed by atoms with Gasteiger partial charge >= 0.3 is 5.97 Å². The van der Waals surface area contributed by atoms with E-state index in [0.29, 0.717) is 24.0 Å². The minimum atomic E-state index is -0.370. The quantitative estimate of drug-likeness (QED) is 0.675. The van der Waals surface area contributed by atoms with Gasteiger partial charge in [0.15, 0.2) is 0 Å². The Kier molecular flexibility index (Phi) is 6.93. The van der Waals surface area contributed by atoms with Crippen LogP contribution in [0, 0.1) is 5.92 Å². The van der Waals surface area contributed by atoms with Crippen molar-refractivity contribution in [2.75, 3.05) is 13.7 Å². The standard InChI is InChI=1S/C15H23NO3/c1-4-6-7-12(5-2)11-19-14-10-13(8-9-16-14)15(17)18-3/h8-10,12H,4-7,11H2,1-3H3. The van der Waals surface area contributed by atoms with Gasteiger partial charge in [0.05, 0.1) is 19.3 Å². The molecule has 1 unspecified atom stereocenters. The lowest BCUT2D eigenvalue weighted by atomic mass is 10.0. The first-order valence-corrected chi connectivity index (χ1v) is 6.88. The molecule has 0 aliphatic heterocycles. The molecule has 0 bridgehead atoms. The Balaban J connectivity index is 2.54. The molecule has 1 atom stereocenters. The van der Waals surface area contributed by atoms with E-state index in [-0.39, 0.29) is 5.97 Å². The van der Waals surface area contributed by atoms with E-state index in [9.17, 15) is 4.79 Å². The Morgan fingerprint density at radius 3 is 2.84 bits per heavy atom. The molecule has 0 saturated heterocycles. The van der Waals surface area contributed by atoms with Gasteiger partial charge in [0, 0.05) is 12.3 Å². The molecule has 1 rings (SSSR count). The number of carbonyl (C=O) groups excluding carboxylic acids is 1. The Hall–Kier alpha value is -1.58. The van der Waals surface area contributed by atoms with Crippen LogP contribution in [0.2, 0.25) is 0 Å². The SMILES string of the molecule is CCCCC(CC)COc1cc(C(=O)OC)ccn1.